The Labute approximate surface area is 137 Å². The van der Waals surface area contributed by atoms with Gasteiger partial charge >= 0.3 is 0 Å². The second-order valence-electron chi connectivity index (χ2n) is 6.02. The van der Waals surface area contributed by atoms with Crippen molar-refractivity contribution < 1.29 is 28.4 Å². The van der Waals surface area contributed by atoms with Gasteiger partial charge in [-0.1, -0.05) is 0 Å². The Kier molecular flexibility index (Phi) is 3.23. The van der Waals surface area contributed by atoms with Gasteiger partial charge in [0.2, 0.25) is 5.75 Å². The minimum absolute atomic E-state index is 0.443. The maximum Gasteiger partial charge on any atom is 0.270 e. The second kappa shape index (κ2) is 4.96. The van der Waals surface area contributed by atoms with Gasteiger partial charge < -0.3 is 18.6 Å². The summed E-state index contributed by atoms with van der Waals surface area (Å²) in [6.45, 7) is 2.04. The number of hydrogen-bond acceptors (Lipinski definition) is 7. The normalized spacial score (nSPS) is 24.3. The topological polar surface area (TPSA) is 65.9 Å². The Morgan fingerprint density at radius 1 is 1.22 bits per heavy atom. The molecule has 7 heteroatoms. The second-order valence-corrected chi connectivity index (χ2v) is 6.88. The highest BCUT2D eigenvalue weighted by atomic mass is 32.2. The number of rotatable bonds is 4. The van der Waals surface area contributed by atoms with Crippen LogP contribution in [0.2, 0.25) is 0 Å². The van der Waals surface area contributed by atoms with E-state index in [2.05, 4.69) is 0 Å². The van der Waals surface area contributed by atoms with Crippen LogP contribution in [-0.4, -0.2) is 31.8 Å². The number of hydrogen-bond donors (Lipinski definition) is 0. The first-order valence-corrected chi connectivity index (χ1v) is 8.67. The van der Waals surface area contributed by atoms with E-state index in [1.807, 2.05) is 19.2 Å². The lowest BCUT2D eigenvalue weighted by Gasteiger charge is -2.37. The summed E-state index contributed by atoms with van der Waals surface area (Å²) in [7, 11) is 3.20. The van der Waals surface area contributed by atoms with Crippen LogP contribution in [0.4, 0.5) is 0 Å². The van der Waals surface area contributed by atoms with Crippen molar-refractivity contribution in [2.45, 2.75) is 24.7 Å². The van der Waals surface area contributed by atoms with E-state index in [1.165, 1.54) is 0 Å². The van der Waals surface area contributed by atoms with Gasteiger partial charge in [-0.25, -0.2) is 0 Å². The third kappa shape index (κ3) is 2.03. The first-order valence-electron chi connectivity index (χ1n) is 7.28. The molecule has 1 atom stereocenters. The fourth-order valence-electron chi connectivity index (χ4n) is 3.40. The largest absolute Gasteiger partial charge is 0.495 e. The van der Waals surface area contributed by atoms with Crippen LogP contribution in [0.25, 0.3) is 11.0 Å². The van der Waals surface area contributed by atoms with Crippen molar-refractivity contribution in [3.05, 3.63) is 17.9 Å². The number of methoxy groups -OCH3 is 2. The standard InChI is InChI=1S/C16H18O6S/c1-15(8-23-4)7-16(21-22-16)10-11(17-2)9-5-6-19-12(9)14(18-3)13(10)20-15/h5-6H,7-8H2,1-4H3. The van der Waals surface area contributed by atoms with Crippen molar-refractivity contribution in [2.75, 3.05) is 26.2 Å². The van der Waals surface area contributed by atoms with Crippen LogP contribution in [0.15, 0.2) is 16.7 Å². The molecule has 0 radical (unpaired) electrons. The van der Waals surface area contributed by atoms with Crippen molar-refractivity contribution in [1.29, 1.82) is 0 Å². The molecule has 1 fully saturated rings. The van der Waals surface area contributed by atoms with Gasteiger partial charge in [-0.2, -0.15) is 21.5 Å². The lowest BCUT2D eigenvalue weighted by atomic mass is 9.88. The molecular weight excluding hydrogens is 320 g/mol. The molecule has 1 unspecified atom stereocenters. The highest BCUT2D eigenvalue weighted by molar-refractivity contribution is 7.98. The molecule has 4 rings (SSSR count). The lowest BCUT2D eigenvalue weighted by molar-refractivity contribution is 0.0402. The Hall–Kier alpha value is -1.57. The van der Waals surface area contributed by atoms with Gasteiger partial charge in [-0.3, -0.25) is 0 Å². The Balaban J connectivity index is 2.02. The fraction of sp³-hybridized carbons (Fsp3) is 0.500. The summed E-state index contributed by atoms with van der Waals surface area (Å²) < 4.78 is 23.1. The summed E-state index contributed by atoms with van der Waals surface area (Å²) in [6, 6.07) is 1.84. The zero-order valence-corrected chi connectivity index (χ0v) is 14.2. The highest BCUT2D eigenvalue weighted by Crippen LogP contribution is 2.62. The van der Waals surface area contributed by atoms with Crippen LogP contribution in [-0.2, 0) is 15.6 Å². The minimum Gasteiger partial charge on any atom is -0.495 e. The molecule has 2 aromatic rings. The Bertz CT molecular complexity index is 766. The molecule has 2 aliphatic rings. The number of thioether (sulfide) groups is 1. The van der Waals surface area contributed by atoms with Gasteiger partial charge in [0.1, 0.15) is 16.9 Å². The molecule has 0 bridgehead atoms. The summed E-state index contributed by atoms with van der Waals surface area (Å²) in [6.07, 6.45) is 4.22. The summed E-state index contributed by atoms with van der Waals surface area (Å²) >= 11 is 1.71. The van der Waals surface area contributed by atoms with Crippen molar-refractivity contribution in [3.8, 4) is 17.2 Å². The quantitative estimate of drug-likeness (QED) is 0.624. The number of furan rings is 1. The molecule has 3 heterocycles. The zero-order chi connectivity index (χ0) is 16.2. The van der Waals surface area contributed by atoms with E-state index in [0.29, 0.717) is 29.3 Å². The third-order valence-corrected chi connectivity index (χ3v) is 5.15. The van der Waals surface area contributed by atoms with Gasteiger partial charge in [-0.15, -0.1) is 0 Å². The van der Waals surface area contributed by atoms with E-state index in [1.54, 1.807) is 32.2 Å². The molecule has 2 aliphatic heterocycles. The predicted molar refractivity (Wildman–Crippen MR) is 85.2 cm³/mol. The number of ether oxygens (including phenoxy) is 3. The maximum absolute atomic E-state index is 6.33. The van der Waals surface area contributed by atoms with Crippen molar-refractivity contribution in [3.63, 3.8) is 0 Å². The van der Waals surface area contributed by atoms with Crippen molar-refractivity contribution >= 4 is 22.7 Å². The molecule has 1 saturated heterocycles. The zero-order valence-electron chi connectivity index (χ0n) is 13.4. The van der Waals surface area contributed by atoms with E-state index in [0.717, 1.165) is 16.7 Å². The van der Waals surface area contributed by atoms with E-state index < -0.39 is 11.4 Å². The van der Waals surface area contributed by atoms with Gasteiger partial charge in [0.25, 0.3) is 5.79 Å². The average Bonchev–Trinajstić information content (AvgIpc) is 3.09. The molecular formula is C16H18O6S. The first-order chi connectivity index (χ1) is 11.1. The van der Waals surface area contributed by atoms with Gasteiger partial charge in [0.15, 0.2) is 11.3 Å². The lowest BCUT2D eigenvalue weighted by Crippen LogP contribution is -2.43. The first kappa shape index (κ1) is 15.0. The summed E-state index contributed by atoms with van der Waals surface area (Å²) in [4.78, 5) is 10.8. The van der Waals surface area contributed by atoms with Crippen molar-refractivity contribution in [1.82, 2.24) is 0 Å². The van der Waals surface area contributed by atoms with E-state index in [-0.39, 0.29) is 0 Å². The molecule has 1 aromatic carbocycles. The van der Waals surface area contributed by atoms with Gasteiger partial charge in [-0.05, 0) is 19.2 Å². The van der Waals surface area contributed by atoms with E-state index in [4.69, 9.17) is 28.4 Å². The summed E-state index contributed by atoms with van der Waals surface area (Å²) in [5.74, 6) is 1.68. The monoisotopic (exact) mass is 338 g/mol. The van der Waals surface area contributed by atoms with Crippen molar-refractivity contribution in [2.24, 2.45) is 0 Å². The van der Waals surface area contributed by atoms with Gasteiger partial charge in [0.05, 0.1) is 32.3 Å². The molecule has 1 aromatic heterocycles. The molecule has 0 saturated carbocycles. The molecule has 0 N–H and O–H groups in total. The minimum atomic E-state index is -0.845. The molecule has 124 valence electrons. The third-order valence-electron chi connectivity index (χ3n) is 4.25. The smallest absolute Gasteiger partial charge is 0.270 e. The molecule has 0 amide bonds. The van der Waals surface area contributed by atoms with Crippen LogP contribution in [0, 0.1) is 0 Å². The molecule has 1 spiro atoms. The van der Waals surface area contributed by atoms with Crippen LogP contribution in [0.5, 0.6) is 17.2 Å². The maximum atomic E-state index is 6.33. The number of fused-ring (bicyclic) bond motifs is 3. The summed E-state index contributed by atoms with van der Waals surface area (Å²) in [5, 5.41) is 0.804. The SMILES string of the molecule is COc1c2c(c(OC)c3occc13)OC(C)(CSC)CC21OO1. The number of benzene rings is 1. The van der Waals surface area contributed by atoms with E-state index >= 15 is 0 Å². The van der Waals surface area contributed by atoms with Crippen LogP contribution in [0.3, 0.4) is 0 Å². The molecule has 6 nitrogen and oxygen atoms in total. The highest BCUT2D eigenvalue weighted by Gasteiger charge is 2.63. The van der Waals surface area contributed by atoms with Crippen LogP contribution >= 0.6 is 11.8 Å². The predicted octanol–water partition coefficient (Wildman–Crippen LogP) is 3.47. The van der Waals surface area contributed by atoms with Crippen LogP contribution < -0.4 is 14.2 Å². The van der Waals surface area contributed by atoms with E-state index in [9.17, 15) is 0 Å². The fourth-order valence-corrected chi connectivity index (χ4v) is 4.17. The van der Waals surface area contributed by atoms with Gasteiger partial charge in [0, 0.05) is 5.75 Å². The molecule has 0 aliphatic carbocycles. The molecule has 23 heavy (non-hydrogen) atoms. The summed E-state index contributed by atoms with van der Waals surface area (Å²) in [5.41, 5.74) is 0.873. The Morgan fingerprint density at radius 3 is 2.57 bits per heavy atom. The van der Waals surface area contributed by atoms with Crippen LogP contribution in [0.1, 0.15) is 18.9 Å². The average molecular weight is 338 g/mol. The Morgan fingerprint density at radius 2 is 1.96 bits per heavy atom.